The first-order chi connectivity index (χ1) is 15.4. The second-order valence-electron chi connectivity index (χ2n) is 10.4. The first-order valence-electron chi connectivity index (χ1n) is 11.3. The van der Waals surface area contributed by atoms with Crippen LogP contribution in [0, 0.1) is 10.8 Å². The number of methoxy groups -OCH3 is 1. The van der Waals surface area contributed by atoms with Gasteiger partial charge in [0.1, 0.15) is 6.10 Å². The second-order valence-corrected chi connectivity index (χ2v) is 10.4. The van der Waals surface area contributed by atoms with E-state index >= 15 is 0 Å². The lowest BCUT2D eigenvalue weighted by atomic mass is 9.74. The lowest BCUT2D eigenvalue weighted by Crippen LogP contribution is -2.42. The predicted molar refractivity (Wildman–Crippen MR) is 132 cm³/mol. The maximum Gasteiger partial charge on any atom is 0.342 e. The number of benzene rings is 2. The van der Waals surface area contributed by atoms with Gasteiger partial charge in [0.25, 0.3) is 0 Å². The van der Waals surface area contributed by atoms with Gasteiger partial charge in [-0.15, -0.1) is 0 Å². The Bertz CT molecular complexity index is 985. The molecule has 0 spiro atoms. The van der Waals surface area contributed by atoms with E-state index in [1.165, 1.54) is 7.11 Å². The van der Waals surface area contributed by atoms with Crippen LogP contribution in [0.1, 0.15) is 52.7 Å². The normalized spacial score (nSPS) is 11.5. The minimum absolute atomic E-state index is 0.259. The molecule has 2 aromatic carbocycles. The molecule has 0 aromatic heterocycles. The van der Waals surface area contributed by atoms with Crippen LogP contribution in [0.4, 0.5) is 0 Å². The monoisotopic (exact) mass is 448 g/mol. The standard InChI is InChI=1S/C29H36O4/c1-28(2,3)27(29(4,5)6)33-26(31)24(19-22-16-12-9-13-17-22)20-23(25(30)32-7)18-21-14-10-8-11-15-21/h8-17,27H,18-19H2,1-7H3. The van der Waals surface area contributed by atoms with Crippen molar-refractivity contribution in [2.75, 3.05) is 7.11 Å². The molecule has 0 fully saturated rings. The van der Waals surface area contributed by atoms with Crippen molar-refractivity contribution >= 4 is 11.9 Å². The SMILES string of the molecule is COC(=O)C(=C=C(Cc1ccccc1)C(=O)OC(C(C)(C)C)C(C)(C)C)Cc1ccccc1. The highest BCUT2D eigenvalue weighted by Gasteiger charge is 2.38. The summed E-state index contributed by atoms with van der Waals surface area (Å²) in [6.07, 6.45) is 0.276. The zero-order valence-electron chi connectivity index (χ0n) is 20.9. The van der Waals surface area contributed by atoms with E-state index in [9.17, 15) is 9.59 Å². The van der Waals surface area contributed by atoms with Gasteiger partial charge in [0.15, 0.2) is 0 Å². The summed E-state index contributed by atoms with van der Waals surface area (Å²) in [6.45, 7) is 12.3. The third-order valence-corrected chi connectivity index (χ3v) is 5.23. The zero-order chi connectivity index (χ0) is 24.6. The minimum atomic E-state index is -0.514. The van der Waals surface area contributed by atoms with Gasteiger partial charge in [-0.25, -0.2) is 9.59 Å². The number of esters is 2. The van der Waals surface area contributed by atoms with Crippen molar-refractivity contribution < 1.29 is 19.1 Å². The van der Waals surface area contributed by atoms with Crippen molar-refractivity contribution in [2.45, 2.75) is 60.5 Å². The van der Waals surface area contributed by atoms with E-state index in [0.29, 0.717) is 18.4 Å². The van der Waals surface area contributed by atoms with Crippen LogP contribution in [0.2, 0.25) is 0 Å². The second kappa shape index (κ2) is 11.2. The van der Waals surface area contributed by atoms with Gasteiger partial charge in [0.05, 0.1) is 18.3 Å². The quantitative estimate of drug-likeness (QED) is 0.292. The van der Waals surface area contributed by atoms with Gasteiger partial charge < -0.3 is 9.47 Å². The Kier molecular flexibility index (Phi) is 8.84. The summed E-state index contributed by atoms with van der Waals surface area (Å²) < 4.78 is 11.1. The van der Waals surface area contributed by atoms with E-state index in [-0.39, 0.29) is 22.5 Å². The number of carbonyl (C=O) groups is 2. The molecule has 0 unspecified atom stereocenters. The van der Waals surface area contributed by atoms with E-state index < -0.39 is 11.9 Å². The molecule has 0 bridgehead atoms. The highest BCUT2D eigenvalue weighted by atomic mass is 16.5. The van der Waals surface area contributed by atoms with Gasteiger partial charge in [0, 0.05) is 12.8 Å². The van der Waals surface area contributed by atoms with Crippen LogP contribution in [-0.2, 0) is 31.9 Å². The van der Waals surface area contributed by atoms with E-state index in [1.807, 2.05) is 60.7 Å². The zero-order valence-corrected chi connectivity index (χ0v) is 20.9. The van der Waals surface area contributed by atoms with Crippen LogP contribution in [0.25, 0.3) is 0 Å². The van der Waals surface area contributed by atoms with Gasteiger partial charge in [-0.1, -0.05) is 108 Å². The molecule has 0 atom stereocenters. The molecule has 2 aromatic rings. The predicted octanol–water partition coefficient (Wildman–Crippen LogP) is 6.10. The van der Waals surface area contributed by atoms with Gasteiger partial charge >= 0.3 is 11.9 Å². The summed E-state index contributed by atoms with van der Waals surface area (Å²) in [5.74, 6) is -0.983. The summed E-state index contributed by atoms with van der Waals surface area (Å²) in [4.78, 5) is 26.0. The van der Waals surface area contributed by atoms with Crippen molar-refractivity contribution in [1.29, 1.82) is 0 Å². The lowest BCUT2D eigenvalue weighted by Gasteiger charge is -2.39. The molecule has 4 nitrogen and oxygen atoms in total. The number of hydrogen-bond acceptors (Lipinski definition) is 4. The fourth-order valence-corrected chi connectivity index (χ4v) is 4.07. The summed E-state index contributed by atoms with van der Waals surface area (Å²) in [5, 5.41) is 0. The summed E-state index contributed by atoms with van der Waals surface area (Å²) in [6, 6.07) is 19.2. The van der Waals surface area contributed by atoms with Crippen LogP contribution in [-0.4, -0.2) is 25.2 Å². The van der Waals surface area contributed by atoms with Gasteiger partial charge in [-0.05, 0) is 22.0 Å². The first-order valence-corrected chi connectivity index (χ1v) is 11.3. The summed E-state index contributed by atoms with van der Waals surface area (Å²) in [5.41, 5.74) is 5.03. The fraction of sp³-hybridized carbons (Fsp3) is 0.414. The molecule has 0 amide bonds. The van der Waals surface area contributed by atoms with Crippen molar-refractivity contribution in [2.24, 2.45) is 10.8 Å². The Hall–Kier alpha value is -3.10. The van der Waals surface area contributed by atoms with Gasteiger partial charge in [0.2, 0.25) is 0 Å². The Labute approximate surface area is 198 Å². The molecule has 0 heterocycles. The van der Waals surface area contributed by atoms with Gasteiger partial charge in [-0.3, -0.25) is 0 Å². The number of carbonyl (C=O) groups excluding carboxylic acids is 2. The third-order valence-electron chi connectivity index (χ3n) is 5.23. The molecule has 0 aliphatic rings. The van der Waals surface area contributed by atoms with Crippen molar-refractivity contribution in [3.8, 4) is 0 Å². The van der Waals surface area contributed by atoms with Crippen molar-refractivity contribution in [3.63, 3.8) is 0 Å². The maximum absolute atomic E-state index is 13.5. The third kappa shape index (κ3) is 8.07. The Morgan fingerprint density at radius 3 is 1.48 bits per heavy atom. The Morgan fingerprint density at radius 2 is 1.12 bits per heavy atom. The first kappa shape index (κ1) is 26.2. The van der Waals surface area contributed by atoms with Gasteiger partial charge in [-0.2, -0.15) is 0 Å². The average Bonchev–Trinajstić information content (AvgIpc) is 2.75. The van der Waals surface area contributed by atoms with E-state index in [1.54, 1.807) is 0 Å². The number of ether oxygens (including phenoxy) is 2. The maximum atomic E-state index is 13.5. The molecule has 0 saturated heterocycles. The topological polar surface area (TPSA) is 52.6 Å². The summed E-state index contributed by atoms with van der Waals surface area (Å²) >= 11 is 0. The Balaban J connectivity index is 2.57. The molecule has 33 heavy (non-hydrogen) atoms. The van der Waals surface area contributed by atoms with Crippen molar-refractivity contribution in [1.82, 2.24) is 0 Å². The van der Waals surface area contributed by atoms with Crippen LogP contribution in [0.3, 0.4) is 0 Å². The molecule has 0 aliphatic heterocycles. The molecule has 0 aliphatic carbocycles. The lowest BCUT2D eigenvalue weighted by molar-refractivity contribution is -0.159. The molecule has 2 rings (SSSR count). The van der Waals surface area contributed by atoms with E-state index in [2.05, 4.69) is 47.3 Å². The molecule has 0 saturated carbocycles. The molecule has 0 N–H and O–H groups in total. The van der Waals surface area contributed by atoms with Crippen molar-refractivity contribution in [3.05, 3.63) is 88.7 Å². The molecular formula is C29H36O4. The largest absolute Gasteiger partial charge is 0.465 e. The molecule has 0 radical (unpaired) electrons. The van der Waals surface area contributed by atoms with E-state index in [0.717, 1.165) is 11.1 Å². The molecular weight excluding hydrogens is 412 g/mol. The van der Waals surface area contributed by atoms with Crippen LogP contribution in [0.5, 0.6) is 0 Å². The average molecular weight is 449 g/mol. The number of rotatable bonds is 7. The molecule has 4 heteroatoms. The summed E-state index contributed by atoms with van der Waals surface area (Å²) in [7, 11) is 1.33. The van der Waals surface area contributed by atoms with E-state index in [4.69, 9.17) is 9.47 Å². The number of hydrogen-bond donors (Lipinski definition) is 0. The molecule has 176 valence electrons. The minimum Gasteiger partial charge on any atom is -0.465 e. The van der Waals surface area contributed by atoms with Crippen LogP contribution >= 0.6 is 0 Å². The van der Waals surface area contributed by atoms with Crippen LogP contribution < -0.4 is 0 Å². The fourth-order valence-electron chi connectivity index (χ4n) is 4.07. The highest BCUT2D eigenvalue weighted by molar-refractivity contribution is 5.93. The smallest absolute Gasteiger partial charge is 0.342 e. The highest BCUT2D eigenvalue weighted by Crippen LogP contribution is 2.36. The van der Waals surface area contributed by atoms with Crippen LogP contribution in [0.15, 0.2) is 77.5 Å². The Morgan fingerprint density at radius 1 is 0.727 bits per heavy atom.